The van der Waals surface area contributed by atoms with E-state index in [4.69, 9.17) is 0 Å². The van der Waals surface area contributed by atoms with Gasteiger partial charge in [0.25, 0.3) is 0 Å². The van der Waals surface area contributed by atoms with Crippen LogP contribution in [-0.4, -0.2) is 39.1 Å². The highest BCUT2D eigenvalue weighted by Gasteiger charge is 2.30. The van der Waals surface area contributed by atoms with Crippen molar-refractivity contribution in [2.75, 3.05) is 13.1 Å². The zero-order chi connectivity index (χ0) is 17.1. The first-order chi connectivity index (χ1) is 11.5. The number of pyridine rings is 1. The fraction of sp³-hybridized carbons (Fsp3) is 0.474. The van der Waals surface area contributed by atoms with Crippen molar-refractivity contribution < 1.29 is 4.79 Å². The van der Waals surface area contributed by atoms with Gasteiger partial charge in [0.15, 0.2) is 0 Å². The maximum absolute atomic E-state index is 12.3. The molecule has 1 amide bonds. The summed E-state index contributed by atoms with van der Waals surface area (Å²) in [5.41, 5.74) is 3.98. The molecule has 5 heteroatoms. The monoisotopic (exact) mass is 324 g/mol. The summed E-state index contributed by atoms with van der Waals surface area (Å²) in [5.74, 6) is 1.11. The molecule has 0 atom stereocenters. The molecule has 0 radical (unpaired) electrons. The second-order valence-corrected chi connectivity index (χ2v) is 6.95. The molecule has 2 aromatic heterocycles. The van der Waals surface area contributed by atoms with Crippen molar-refractivity contribution in [1.82, 2.24) is 20.1 Å². The number of rotatable bonds is 5. The molecule has 0 N–H and O–H groups in total. The van der Waals surface area contributed by atoms with Crippen molar-refractivity contribution in [3.05, 3.63) is 53.1 Å². The van der Waals surface area contributed by atoms with E-state index >= 15 is 0 Å². The third-order valence-corrected chi connectivity index (χ3v) is 4.51. The average molecular weight is 324 g/mol. The lowest BCUT2D eigenvalue weighted by Crippen LogP contribution is -2.51. The number of aromatic nitrogens is 3. The first kappa shape index (κ1) is 16.6. The molecular weight excluding hydrogens is 300 g/mol. The van der Waals surface area contributed by atoms with Gasteiger partial charge in [0.2, 0.25) is 5.91 Å². The summed E-state index contributed by atoms with van der Waals surface area (Å²) in [7, 11) is 0. The van der Waals surface area contributed by atoms with Crippen molar-refractivity contribution >= 4 is 5.91 Å². The van der Waals surface area contributed by atoms with E-state index in [0.29, 0.717) is 18.3 Å². The normalized spacial score (nSPS) is 14.8. The molecule has 24 heavy (non-hydrogen) atoms. The summed E-state index contributed by atoms with van der Waals surface area (Å²) in [5, 5.41) is 8.28. The smallest absolute Gasteiger partial charge is 0.228 e. The molecule has 3 rings (SSSR count). The summed E-state index contributed by atoms with van der Waals surface area (Å²) >= 11 is 0. The van der Waals surface area contributed by atoms with Crippen molar-refractivity contribution in [3.63, 3.8) is 0 Å². The molecule has 0 unspecified atom stereocenters. The molecule has 0 bridgehead atoms. The minimum atomic E-state index is 0.158. The fourth-order valence-corrected chi connectivity index (χ4v) is 2.88. The standard InChI is InChI=1S/C19H24N4O/c1-13(2)16-5-7-17(20-10-16)9-19(24)23-11-15(12-23)8-18-6-4-14(3)21-22-18/h4-7,10,13,15H,8-9,11-12H2,1-3H3. The molecule has 1 fully saturated rings. The first-order valence-electron chi connectivity index (χ1n) is 8.53. The Kier molecular flexibility index (Phi) is 4.88. The lowest BCUT2D eigenvalue weighted by atomic mass is 9.94. The van der Waals surface area contributed by atoms with E-state index in [-0.39, 0.29) is 5.91 Å². The van der Waals surface area contributed by atoms with Crippen LogP contribution >= 0.6 is 0 Å². The predicted octanol–water partition coefficient (Wildman–Crippen LogP) is 2.55. The Bertz CT molecular complexity index is 688. The molecule has 1 aliphatic rings. The van der Waals surface area contributed by atoms with Crippen LogP contribution in [0.5, 0.6) is 0 Å². The zero-order valence-electron chi connectivity index (χ0n) is 14.6. The Morgan fingerprint density at radius 2 is 1.92 bits per heavy atom. The van der Waals surface area contributed by atoms with Gasteiger partial charge in [0.05, 0.1) is 17.8 Å². The lowest BCUT2D eigenvalue weighted by Gasteiger charge is -2.39. The molecule has 126 valence electrons. The third-order valence-electron chi connectivity index (χ3n) is 4.51. The molecular formula is C19H24N4O. The summed E-state index contributed by atoms with van der Waals surface area (Å²) in [4.78, 5) is 18.6. The highest BCUT2D eigenvalue weighted by molar-refractivity contribution is 5.79. The van der Waals surface area contributed by atoms with Crippen LogP contribution in [0, 0.1) is 12.8 Å². The van der Waals surface area contributed by atoms with E-state index in [0.717, 1.165) is 36.6 Å². The Labute approximate surface area is 143 Å². The van der Waals surface area contributed by atoms with Gasteiger partial charge in [0, 0.05) is 25.0 Å². The van der Waals surface area contributed by atoms with Gasteiger partial charge in [-0.3, -0.25) is 9.78 Å². The molecule has 3 heterocycles. The number of amides is 1. The average Bonchev–Trinajstić information content (AvgIpc) is 2.52. The van der Waals surface area contributed by atoms with Gasteiger partial charge in [0.1, 0.15) is 0 Å². The van der Waals surface area contributed by atoms with Crippen molar-refractivity contribution in [3.8, 4) is 0 Å². The van der Waals surface area contributed by atoms with Crippen LogP contribution in [0.25, 0.3) is 0 Å². The number of nitrogens with zero attached hydrogens (tertiary/aromatic N) is 4. The molecule has 5 nitrogen and oxygen atoms in total. The molecule has 0 saturated carbocycles. The van der Waals surface area contributed by atoms with Crippen LogP contribution in [0.15, 0.2) is 30.5 Å². The molecule has 0 spiro atoms. The van der Waals surface area contributed by atoms with Gasteiger partial charge in [-0.15, -0.1) is 0 Å². The zero-order valence-corrected chi connectivity index (χ0v) is 14.6. The van der Waals surface area contributed by atoms with Crippen LogP contribution in [0.4, 0.5) is 0 Å². The number of likely N-dealkylation sites (tertiary alicyclic amines) is 1. The molecule has 1 aliphatic heterocycles. The number of aryl methyl sites for hydroxylation is 1. The van der Waals surface area contributed by atoms with E-state index in [2.05, 4.69) is 35.1 Å². The predicted molar refractivity (Wildman–Crippen MR) is 92.6 cm³/mol. The quantitative estimate of drug-likeness (QED) is 0.848. The van der Waals surface area contributed by atoms with Gasteiger partial charge in [-0.05, 0) is 48.9 Å². The van der Waals surface area contributed by atoms with Gasteiger partial charge in [-0.1, -0.05) is 19.9 Å². The molecule has 2 aromatic rings. The number of carbonyl (C=O) groups excluding carboxylic acids is 1. The molecule has 1 saturated heterocycles. The Hall–Kier alpha value is -2.30. The van der Waals surface area contributed by atoms with Crippen LogP contribution in [0.3, 0.4) is 0 Å². The van der Waals surface area contributed by atoms with Gasteiger partial charge in [-0.25, -0.2) is 0 Å². The Morgan fingerprint density at radius 1 is 1.17 bits per heavy atom. The van der Waals surface area contributed by atoms with Crippen LogP contribution in [-0.2, 0) is 17.6 Å². The van der Waals surface area contributed by atoms with E-state index in [1.165, 1.54) is 5.56 Å². The van der Waals surface area contributed by atoms with Crippen molar-refractivity contribution in [2.24, 2.45) is 5.92 Å². The lowest BCUT2D eigenvalue weighted by molar-refractivity contribution is -0.136. The summed E-state index contributed by atoms with van der Waals surface area (Å²) < 4.78 is 0. The topological polar surface area (TPSA) is 59.0 Å². The van der Waals surface area contributed by atoms with Gasteiger partial charge in [-0.2, -0.15) is 10.2 Å². The minimum absolute atomic E-state index is 0.158. The summed E-state index contributed by atoms with van der Waals surface area (Å²) in [6, 6.07) is 8.03. The Morgan fingerprint density at radius 3 is 2.50 bits per heavy atom. The first-order valence-corrected chi connectivity index (χ1v) is 8.53. The molecule has 0 aliphatic carbocycles. The number of hydrogen-bond donors (Lipinski definition) is 0. The fourth-order valence-electron chi connectivity index (χ4n) is 2.88. The van der Waals surface area contributed by atoms with E-state index in [1.54, 1.807) is 0 Å². The van der Waals surface area contributed by atoms with E-state index in [9.17, 15) is 4.79 Å². The summed E-state index contributed by atoms with van der Waals surface area (Å²) in [6.45, 7) is 7.82. The number of hydrogen-bond acceptors (Lipinski definition) is 4. The summed E-state index contributed by atoms with van der Waals surface area (Å²) in [6.07, 6.45) is 3.15. The Balaban J connectivity index is 1.47. The third kappa shape index (κ3) is 3.96. The second kappa shape index (κ2) is 7.07. The maximum atomic E-state index is 12.3. The van der Waals surface area contributed by atoms with Crippen LogP contribution < -0.4 is 0 Å². The van der Waals surface area contributed by atoms with Crippen LogP contribution in [0.2, 0.25) is 0 Å². The van der Waals surface area contributed by atoms with Gasteiger partial charge >= 0.3 is 0 Å². The van der Waals surface area contributed by atoms with Crippen molar-refractivity contribution in [2.45, 2.75) is 39.5 Å². The highest BCUT2D eigenvalue weighted by Crippen LogP contribution is 2.21. The van der Waals surface area contributed by atoms with Crippen molar-refractivity contribution in [1.29, 1.82) is 0 Å². The van der Waals surface area contributed by atoms with E-state index in [1.807, 2.05) is 36.2 Å². The molecule has 0 aromatic carbocycles. The largest absolute Gasteiger partial charge is 0.342 e. The van der Waals surface area contributed by atoms with E-state index < -0.39 is 0 Å². The number of carbonyl (C=O) groups is 1. The van der Waals surface area contributed by atoms with Gasteiger partial charge < -0.3 is 4.90 Å². The highest BCUT2D eigenvalue weighted by atomic mass is 16.2. The minimum Gasteiger partial charge on any atom is -0.342 e. The van der Waals surface area contributed by atoms with Crippen LogP contribution in [0.1, 0.15) is 42.4 Å². The SMILES string of the molecule is Cc1ccc(CC2CN(C(=O)Cc3ccc(C(C)C)cn3)C2)nn1. The maximum Gasteiger partial charge on any atom is 0.228 e. The second-order valence-electron chi connectivity index (χ2n) is 6.95.